The molecule has 1 N–H and O–H groups in total. The van der Waals surface area contributed by atoms with Gasteiger partial charge < -0.3 is 5.32 Å². The van der Waals surface area contributed by atoms with E-state index in [9.17, 15) is 4.79 Å². The van der Waals surface area contributed by atoms with Crippen LogP contribution in [0.5, 0.6) is 0 Å². The minimum absolute atomic E-state index is 0.134. The van der Waals surface area contributed by atoms with Crippen LogP contribution in [0, 0.1) is 6.92 Å². The number of nitrogens with zero attached hydrogens (tertiary/aromatic N) is 2. The van der Waals surface area contributed by atoms with Gasteiger partial charge in [-0.05, 0) is 26.3 Å². The maximum absolute atomic E-state index is 11.6. The molecule has 76 valence electrons. The molecule has 0 aliphatic carbocycles. The summed E-state index contributed by atoms with van der Waals surface area (Å²) in [5.41, 5.74) is 0.429. The Balaban J connectivity index is 2.70. The summed E-state index contributed by atoms with van der Waals surface area (Å²) < 4.78 is 0. The van der Waals surface area contributed by atoms with Gasteiger partial charge in [0.1, 0.15) is 11.5 Å². The van der Waals surface area contributed by atoms with E-state index in [-0.39, 0.29) is 11.9 Å². The molecule has 1 amide bonds. The summed E-state index contributed by atoms with van der Waals surface area (Å²) >= 11 is 0. The van der Waals surface area contributed by atoms with Gasteiger partial charge in [-0.1, -0.05) is 6.92 Å². The highest BCUT2D eigenvalue weighted by Gasteiger charge is 2.09. The Morgan fingerprint density at radius 3 is 2.93 bits per heavy atom. The first kappa shape index (κ1) is 10.6. The number of hydrogen-bond donors (Lipinski definition) is 1. The molecular formula is C10H15N3O. The Kier molecular flexibility index (Phi) is 3.56. The fourth-order valence-electron chi connectivity index (χ4n) is 0.982. The van der Waals surface area contributed by atoms with Crippen molar-refractivity contribution in [1.29, 1.82) is 0 Å². The highest BCUT2D eigenvalue weighted by molar-refractivity contribution is 5.92. The second-order valence-corrected chi connectivity index (χ2v) is 3.27. The van der Waals surface area contributed by atoms with Gasteiger partial charge in [-0.3, -0.25) is 4.79 Å². The van der Waals surface area contributed by atoms with Crippen LogP contribution in [0.15, 0.2) is 12.3 Å². The van der Waals surface area contributed by atoms with Gasteiger partial charge in [-0.2, -0.15) is 0 Å². The lowest BCUT2D eigenvalue weighted by Crippen LogP contribution is -2.32. The fourth-order valence-corrected chi connectivity index (χ4v) is 0.982. The number of aryl methyl sites for hydroxylation is 1. The Hall–Kier alpha value is -1.45. The SMILES string of the molecule is CCC(C)NC(=O)c1ccnc(C)n1. The Morgan fingerprint density at radius 2 is 2.36 bits per heavy atom. The van der Waals surface area contributed by atoms with Crippen molar-refractivity contribution in [3.8, 4) is 0 Å². The molecule has 0 aliphatic rings. The highest BCUT2D eigenvalue weighted by Crippen LogP contribution is 1.96. The minimum atomic E-state index is -0.134. The topological polar surface area (TPSA) is 54.9 Å². The third kappa shape index (κ3) is 2.80. The average Bonchev–Trinajstić information content (AvgIpc) is 2.17. The molecule has 1 unspecified atom stereocenters. The van der Waals surface area contributed by atoms with E-state index in [1.54, 1.807) is 19.2 Å². The van der Waals surface area contributed by atoms with Crippen LogP contribution >= 0.6 is 0 Å². The summed E-state index contributed by atoms with van der Waals surface area (Å²) in [6, 6.07) is 1.79. The van der Waals surface area contributed by atoms with E-state index in [1.807, 2.05) is 13.8 Å². The van der Waals surface area contributed by atoms with Gasteiger partial charge in [0.2, 0.25) is 0 Å². The van der Waals surface area contributed by atoms with Crippen molar-refractivity contribution in [2.24, 2.45) is 0 Å². The van der Waals surface area contributed by atoms with Crippen molar-refractivity contribution in [2.45, 2.75) is 33.2 Å². The van der Waals surface area contributed by atoms with Gasteiger partial charge in [0.25, 0.3) is 5.91 Å². The van der Waals surface area contributed by atoms with Crippen LogP contribution in [0.1, 0.15) is 36.6 Å². The number of amides is 1. The van der Waals surface area contributed by atoms with Crippen LogP contribution in [0.3, 0.4) is 0 Å². The summed E-state index contributed by atoms with van der Waals surface area (Å²) in [6.07, 6.45) is 2.50. The van der Waals surface area contributed by atoms with Crippen LogP contribution in [-0.2, 0) is 0 Å². The molecule has 0 radical (unpaired) electrons. The standard InChI is InChI=1S/C10H15N3O/c1-4-7(2)12-10(14)9-5-6-11-8(3)13-9/h5-7H,4H2,1-3H3,(H,12,14). The summed E-state index contributed by atoms with van der Waals surface area (Å²) in [4.78, 5) is 19.5. The van der Waals surface area contributed by atoms with Crippen molar-refractivity contribution in [2.75, 3.05) is 0 Å². The van der Waals surface area contributed by atoms with E-state index in [0.717, 1.165) is 6.42 Å². The van der Waals surface area contributed by atoms with Crippen molar-refractivity contribution < 1.29 is 4.79 Å². The molecule has 4 nitrogen and oxygen atoms in total. The number of aromatic nitrogens is 2. The predicted molar refractivity (Wildman–Crippen MR) is 54.0 cm³/mol. The quantitative estimate of drug-likeness (QED) is 0.787. The molecular weight excluding hydrogens is 178 g/mol. The van der Waals surface area contributed by atoms with E-state index in [1.165, 1.54) is 0 Å². The van der Waals surface area contributed by atoms with Crippen LogP contribution < -0.4 is 5.32 Å². The van der Waals surface area contributed by atoms with Gasteiger partial charge >= 0.3 is 0 Å². The first-order chi connectivity index (χ1) is 6.63. The lowest BCUT2D eigenvalue weighted by molar-refractivity contribution is 0.0934. The molecule has 0 fully saturated rings. The normalized spacial score (nSPS) is 12.2. The zero-order valence-electron chi connectivity index (χ0n) is 8.74. The number of hydrogen-bond acceptors (Lipinski definition) is 3. The molecule has 0 aromatic carbocycles. The number of carbonyl (C=O) groups excluding carboxylic acids is 1. The zero-order valence-corrected chi connectivity index (χ0v) is 8.74. The molecule has 4 heteroatoms. The van der Waals surface area contributed by atoms with Gasteiger partial charge in [0.05, 0.1) is 0 Å². The maximum Gasteiger partial charge on any atom is 0.270 e. The maximum atomic E-state index is 11.6. The van der Waals surface area contributed by atoms with Gasteiger partial charge in [0.15, 0.2) is 0 Å². The number of carbonyl (C=O) groups is 1. The molecule has 1 aromatic rings. The molecule has 1 atom stereocenters. The molecule has 0 saturated carbocycles. The van der Waals surface area contributed by atoms with Gasteiger partial charge in [0, 0.05) is 12.2 Å². The molecule has 0 saturated heterocycles. The summed E-state index contributed by atoms with van der Waals surface area (Å²) in [7, 11) is 0. The summed E-state index contributed by atoms with van der Waals surface area (Å²) in [5, 5.41) is 2.84. The second-order valence-electron chi connectivity index (χ2n) is 3.27. The third-order valence-electron chi connectivity index (χ3n) is 2.00. The molecule has 14 heavy (non-hydrogen) atoms. The Bertz CT molecular complexity index is 325. The van der Waals surface area contributed by atoms with Crippen LogP contribution in [-0.4, -0.2) is 21.9 Å². The van der Waals surface area contributed by atoms with Crippen LogP contribution in [0.4, 0.5) is 0 Å². The smallest absolute Gasteiger partial charge is 0.270 e. The second kappa shape index (κ2) is 4.69. The van der Waals surface area contributed by atoms with Crippen LogP contribution in [0.2, 0.25) is 0 Å². The van der Waals surface area contributed by atoms with E-state index < -0.39 is 0 Å². The number of rotatable bonds is 3. The Labute approximate surface area is 83.8 Å². The predicted octanol–water partition coefficient (Wildman–Crippen LogP) is 1.31. The van der Waals surface area contributed by atoms with E-state index in [4.69, 9.17) is 0 Å². The highest BCUT2D eigenvalue weighted by atomic mass is 16.1. The van der Waals surface area contributed by atoms with Gasteiger partial charge in [-0.25, -0.2) is 9.97 Å². The molecule has 1 rings (SSSR count). The van der Waals surface area contributed by atoms with Crippen molar-refractivity contribution in [3.63, 3.8) is 0 Å². The molecule has 1 heterocycles. The molecule has 0 bridgehead atoms. The van der Waals surface area contributed by atoms with Crippen molar-refractivity contribution >= 4 is 5.91 Å². The largest absolute Gasteiger partial charge is 0.348 e. The average molecular weight is 193 g/mol. The number of nitrogens with one attached hydrogen (secondary N) is 1. The fraction of sp³-hybridized carbons (Fsp3) is 0.500. The molecule has 0 spiro atoms. The molecule has 1 aromatic heterocycles. The minimum Gasteiger partial charge on any atom is -0.348 e. The summed E-state index contributed by atoms with van der Waals surface area (Å²) in [6.45, 7) is 5.75. The third-order valence-corrected chi connectivity index (χ3v) is 2.00. The lowest BCUT2D eigenvalue weighted by atomic mass is 10.2. The lowest BCUT2D eigenvalue weighted by Gasteiger charge is -2.10. The van der Waals surface area contributed by atoms with E-state index in [0.29, 0.717) is 11.5 Å². The van der Waals surface area contributed by atoms with Crippen molar-refractivity contribution in [1.82, 2.24) is 15.3 Å². The molecule has 0 aliphatic heterocycles. The first-order valence-corrected chi connectivity index (χ1v) is 4.74. The van der Waals surface area contributed by atoms with E-state index >= 15 is 0 Å². The van der Waals surface area contributed by atoms with Crippen LogP contribution in [0.25, 0.3) is 0 Å². The Morgan fingerprint density at radius 1 is 1.64 bits per heavy atom. The van der Waals surface area contributed by atoms with Crippen molar-refractivity contribution in [3.05, 3.63) is 23.8 Å². The first-order valence-electron chi connectivity index (χ1n) is 4.74. The monoisotopic (exact) mass is 193 g/mol. The van der Waals surface area contributed by atoms with Gasteiger partial charge in [-0.15, -0.1) is 0 Å². The van der Waals surface area contributed by atoms with E-state index in [2.05, 4.69) is 15.3 Å². The zero-order chi connectivity index (χ0) is 10.6. The summed E-state index contributed by atoms with van der Waals surface area (Å²) in [5.74, 6) is 0.478.